The number of nitriles is 1. The van der Waals surface area contributed by atoms with Crippen molar-refractivity contribution in [2.75, 3.05) is 5.01 Å². The van der Waals surface area contributed by atoms with Gasteiger partial charge in [-0.25, -0.2) is 5.84 Å². The summed E-state index contributed by atoms with van der Waals surface area (Å²) in [7, 11) is 0. The highest BCUT2D eigenvalue weighted by Crippen LogP contribution is 2.31. The molecule has 1 aliphatic heterocycles. The molecule has 1 aliphatic rings. The molecule has 7 heteroatoms. The first kappa shape index (κ1) is 16.4. The second kappa shape index (κ2) is 6.33. The highest BCUT2D eigenvalue weighted by Gasteiger charge is 2.24. The third kappa shape index (κ3) is 2.65. The van der Waals surface area contributed by atoms with Gasteiger partial charge in [-0.3, -0.25) is 5.01 Å². The van der Waals surface area contributed by atoms with E-state index in [0.29, 0.717) is 17.9 Å². The summed E-state index contributed by atoms with van der Waals surface area (Å²) in [5, 5.41) is 14.4. The fourth-order valence-corrected chi connectivity index (χ4v) is 3.60. The van der Waals surface area contributed by atoms with Crippen molar-refractivity contribution in [1.82, 2.24) is 4.57 Å². The van der Waals surface area contributed by atoms with Gasteiger partial charge < -0.3 is 10.4 Å². The van der Waals surface area contributed by atoms with Crippen LogP contribution in [0.25, 0.3) is 11.1 Å². The van der Waals surface area contributed by atoms with E-state index in [2.05, 4.69) is 31.7 Å². The average molecular weight is 407 g/mol. The number of amidine groups is 1. The van der Waals surface area contributed by atoms with Gasteiger partial charge in [-0.2, -0.15) is 10.4 Å². The molecule has 0 saturated heterocycles. The van der Waals surface area contributed by atoms with Crippen molar-refractivity contribution < 1.29 is 0 Å². The number of anilines is 1. The lowest BCUT2D eigenvalue weighted by molar-refractivity contribution is 0.804. The van der Waals surface area contributed by atoms with Crippen molar-refractivity contribution >= 4 is 27.5 Å². The van der Waals surface area contributed by atoms with Crippen LogP contribution in [0.1, 0.15) is 16.8 Å². The van der Waals surface area contributed by atoms with Crippen molar-refractivity contribution in [1.29, 1.82) is 5.26 Å². The third-order valence-corrected chi connectivity index (χ3v) is 4.96. The zero-order valence-corrected chi connectivity index (χ0v) is 15.3. The Balaban J connectivity index is 1.85. The first-order valence-electron chi connectivity index (χ1n) is 7.93. The Hall–Kier alpha value is -3.08. The van der Waals surface area contributed by atoms with Gasteiger partial charge >= 0.3 is 0 Å². The van der Waals surface area contributed by atoms with Crippen LogP contribution >= 0.6 is 15.9 Å². The lowest BCUT2D eigenvalue weighted by atomic mass is 10.1. The third-order valence-electron chi connectivity index (χ3n) is 4.47. The maximum atomic E-state index is 8.97. The number of rotatable bonds is 1. The molecule has 3 aromatic rings. The zero-order chi connectivity index (χ0) is 18.3. The monoisotopic (exact) mass is 406 g/mol. The number of hydrogen-bond donors (Lipinski definition) is 2. The molecule has 0 atom stereocenters. The van der Waals surface area contributed by atoms with Crippen LogP contribution in [0.4, 0.5) is 5.69 Å². The van der Waals surface area contributed by atoms with Crippen LogP contribution in [-0.2, 0) is 6.54 Å². The molecule has 0 amide bonds. The number of nitrogens with zero attached hydrogens (tertiary/aromatic N) is 4. The predicted molar refractivity (Wildman–Crippen MR) is 105 cm³/mol. The summed E-state index contributed by atoms with van der Waals surface area (Å²) < 4.78 is 3.07. The molecule has 1 aromatic heterocycles. The Morgan fingerprint density at radius 3 is 2.54 bits per heavy atom. The number of hydrazine groups is 1. The van der Waals surface area contributed by atoms with E-state index in [0.717, 1.165) is 32.5 Å². The minimum Gasteiger partial charge on any atom is -0.340 e. The minimum absolute atomic E-state index is 0.492. The molecule has 6 nitrogen and oxygen atoms in total. The Labute approximate surface area is 159 Å². The fraction of sp³-hybridized carbons (Fsp3) is 0.0526. The molecule has 0 unspecified atom stereocenters. The molecule has 0 aliphatic carbocycles. The van der Waals surface area contributed by atoms with E-state index >= 15 is 0 Å². The molecule has 128 valence electrons. The molecule has 0 radical (unpaired) electrons. The van der Waals surface area contributed by atoms with Gasteiger partial charge in [0.25, 0.3) is 0 Å². The van der Waals surface area contributed by atoms with Crippen molar-refractivity contribution in [3.63, 3.8) is 0 Å². The molecule has 4 rings (SSSR count). The predicted octanol–water partition coefficient (Wildman–Crippen LogP) is 3.15. The fourth-order valence-electron chi connectivity index (χ4n) is 3.19. The van der Waals surface area contributed by atoms with Crippen molar-refractivity contribution in [2.45, 2.75) is 6.54 Å². The van der Waals surface area contributed by atoms with E-state index in [1.165, 1.54) is 5.01 Å². The van der Waals surface area contributed by atoms with E-state index in [1.807, 2.05) is 42.6 Å². The molecule has 26 heavy (non-hydrogen) atoms. The largest absolute Gasteiger partial charge is 0.340 e. The number of fused-ring (bicyclic) bond motifs is 2. The molecule has 0 spiro atoms. The van der Waals surface area contributed by atoms with Crippen LogP contribution in [0.5, 0.6) is 0 Å². The quantitative estimate of drug-likeness (QED) is 0.479. The van der Waals surface area contributed by atoms with Gasteiger partial charge in [-0.1, -0.05) is 28.1 Å². The number of hydrazone groups is 1. The summed E-state index contributed by atoms with van der Waals surface area (Å²) in [4.78, 5) is 0. The number of hydrogen-bond acceptors (Lipinski definition) is 4. The number of nitrogens with two attached hydrogens (primary N) is 2. The lowest BCUT2D eigenvalue weighted by Crippen LogP contribution is -2.39. The summed E-state index contributed by atoms with van der Waals surface area (Å²) in [5.41, 5.74) is 5.41. The molecule has 0 fully saturated rings. The van der Waals surface area contributed by atoms with E-state index < -0.39 is 0 Å². The second-order valence-corrected chi connectivity index (χ2v) is 6.94. The first-order chi connectivity index (χ1) is 12.6. The Morgan fingerprint density at radius 2 is 1.85 bits per heavy atom. The Morgan fingerprint density at radius 1 is 1.08 bits per heavy atom. The zero-order valence-electron chi connectivity index (χ0n) is 13.7. The normalized spacial score (nSPS) is 14.5. The molecule has 2 heterocycles. The standard InChI is InChI=1S/C19H15BrN6/c20-16-5-6-17-15(7-16)11-25-10-14(8-18(25)19(24-22)26(17)23)13-3-1-12(9-21)2-4-13/h1-8,10H,11,22-23H2/b24-19-. The van der Waals surface area contributed by atoms with Gasteiger partial charge in [0.05, 0.1) is 23.0 Å². The van der Waals surface area contributed by atoms with Crippen LogP contribution < -0.4 is 16.7 Å². The molecule has 4 N–H and O–H groups in total. The summed E-state index contributed by atoms with van der Waals surface area (Å²) in [5.74, 6) is 12.5. The van der Waals surface area contributed by atoms with Crippen LogP contribution in [0.2, 0.25) is 0 Å². The van der Waals surface area contributed by atoms with E-state index in [1.54, 1.807) is 12.1 Å². The molecular weight excluding hydrogens is 392 g/mol. The van der Waals surface area contributed by atoms with Crippen LogP contribution in [0.15, 0.2) is 64.3 Å². The summed E-state index contributed by atoms with van der Waals surface area (Å²) in [6.07, 6.45) is 2.05. The second-order valence-electron chi connectivity index (χ2n) is 6.03. The molecule has 0 saturated carbocycles. The van der Waals surface area contributed by atoms with Crippen molar-refractivity contribution in [2.24, 2.45) is 16.8 Å². The Bertz CT molecular complexity index is 1060. The first-order valence-corrected chi connectivity index (χ1v) is 8.72. The SMILES string of the molecule is N#Cc1ccc(-c2cc3n(c2)Cc2cc(Br)ccc2N(N)/C3=N\N)cc1. The summed E-state index contributed by atoms with van der Waals surface area (Å²) in [6.45, 7) is 0.646. The van der Waals surface area contributed by atoms with Crippen LogP contribution in [0, 0.1) is 11.3 Å². The van der Waals surface area contributed by atoms with Gasteiger partial charge in [0.1, 0.15) is 0 Å². The number of halogens is 1. The van der Waals surface area contributed by atoms with Crippen LogP contribution in [0.3, 0.4) is 0 Å². The maximum absolute atomic E-state index is 8.97. The average Bonchev–Trinajstić information content (AvgIpc) is 3.01. The van der Waals surface area contributed by atoms with E-state index in [4.69, 9.17) is 16.9 Å². The van der Waals surface area contributed by atoms with Gasteiger partial charge in [-0.05, 0) is 47.5 Å². The number of aromatic nitrogens is 1. The van der Waals surface area contributed by atoms with E-state index in [9.17, 15) is 0 Å². The van der Waals surface area contributed by atoms with Gasteiger partial charge in [0, 0.05) is 22.8 Å². The van der Waals surface area contributed by atoms with Crippen molar-refractivity contribution in [3.8, 4) is 17.2 Å². The smallest absolute Gasteiger partial charge is 0.190 e. The maximum Gasteiger partial charge on any atom is 0.190 e. The molecular formula is C19H15BrN6. The Kier molecular flexibility index (Phi) is 3.99. The highest BCUT2D eigenvalue weighted by atomic mass is 79.9. The van der Waals surface area contributed by atoms with Gasteiger partial charge in [0.2, 0.25) is 0 Å². The lowest BCUT2D eigenvalue weighted by Gasteiger charge is -2.19. The molecule has 0 bridgehead atoms. The van der Waals surface area contributed by atoms with Gasteiger partial charge in [-0.15, -0.1) is 0 Å². The topological polar surface area (TPSA) is 96.4 Å². The summed E-state index contributed by atoms with van der Waals surface area (Å²) >= 11 is 3.51. The van der Waals surface area contributed by atoms with Crippen LogP contribution in [-0.4, -0.2) is 10.4 Å². The van der Waals surface area contributed by atoms with Crippen molar-refractivity contribution in [3.05, 3.63) is 76.0 Å². The summed E-state index contributed by atoms with van der Waals surface area (Å²) in [6, 6.07) is 17.5. The van der Waals surface area contributed by atoms with Gasteiger partial charge in [0.15, 0.2) is 5.84 Å². The van der Waals surface area contributed by atoms with E-state index in [-0.39, 0.29) is 0 Å². The highest BCUT2D eigenvalue weighted by molar-refractivity contribution is 9.10. The minimum atomic E-state index is 0.492. The molecule has 2 aromatic carbocycles. The number of benzene rings is 2.